The van der Waals surface area contributed by atoms with Crippen molar-refractivity contribution in [2.45, 2.75) is 45.1 Å². The van der Waals surface area contributed by atoms with Gasteiger partial charge in [-0.2, -0.15) is 0 Å². The Labute approximate surface area is 207 Å². The molecule has 2 aromatic rings. The summed E-state index contributed by atoms with van der Waals surface area (Å²) in [5, 5.41) is 0. The van der Waals surface area contributed by atoms with Crippen molar-refractivity contribution in [2.24, 2.45) is 5.73 Å². The minimum atomic E-state index is -0.763. The molecule has 1 amide bonds. The summed E-state index contributed by atoms with van der Waals surface area (Å²) >= 11 is 0. The first kappa shape index (κ1) is 27.6. The average Bonchev–Trinajstić information content (AvgIpc) is 2.87. The number of rotatable bonds is 15. The lowest BCUT2D eigenvalue weighted by molar-refractivity contribution is -0.125. The quantitative estimate of drug-likeness (QED) is 0.219. The Morgan fingerprint density at radius 3 is 2.06 bits per heavy atom. The van der Waals surface area contributed by atoms with Gasteiger partial charge >= 0.3 is 0 Å². The van der Waals surface area contributed by atoms with Gasteiger partial charge in [0, 0.05) is 5.56 Å². The number of allylic oxidation sites excluding steroid dienone is 1. The molecule has 0 saturated heterocycles. The van der Waals surface area contributed by atoms with Gasteiger partial charge in [0.2, 0.25) is 5.75 Å². The van der Waals surface area contributed by atoms with E-state index in [4.69, 9.17) is 29.4 Å². The fraction of sp³-hybridized carbons (Fsp3) is 0.407. The zero-order valence-corrected chi connectivity index (χ0v) is 21.1. The van der Waals surface area contributed by atoms with E-state index in [1.54, 1.807) is 36.4 Å². The number of ketones is 1. The molecule has 190 valence electrons. The SMILES string of the molecule is CCCCCCC(Oc1cc(/C=C/C(=O)c2cc(OC)c(OC)c(OC)c2)ccc1OC)C(N)=O. The number of nitrogens with two attached hydrogens (primary N) is 1. The van der Waals surface area contributed by atoms with Crippen LogP contribution < -0.4 is 29.4 Å². The maximum absolute atomic E-state index is 12.8. The summed E-state index contributed by atoms with van der Waals surface area (Å²) in [4.78, 5) is 24.8. The van der Waals surface area contributed by atoms with E-state index in [1.807, 2.05) is 0 Å². The third kappa shape index (κ3) is 7.67. The van der Waals surface area contributed by atoms with Crippen molar-refractivity contribution in [3.8, 4) is 28.7 Å². The fourth-order valence-corrected chi connectivity index (χ4v) is 3.55. The van der Waals surface area contributed by atoms with Crippen molar-refractivity contribution in [3.05, 3.63) is 47.5 Å². The smallest absolute Gasteiger partial charge is 0.258 e. The number of carbonyl (C=O) groups excluding carboxylic acids is 2. The van der Waals surface area contributed by atoms with Crippen LogP contribution >= 0.6 is 0 Å². The first-order chi connectivity index (χ1) is 16.9. The molecule has 2 aromatic carbocycles. The second-order valence-electron chi connectivity index (χ2n) is 7.88. The van der Waals surface area contributed by atoms with Gasteiger partial charge in [-0.3, -0.25) is 9.59 Å². The number of carbonyl (C=O) groups is 2. The number of amides is 1. The third-order valence-electron chi connectivity index (χ3n) is 5.47. The Morgan fingerprint density at radius 2 is 1.51 bits per heavy atom. The molecule has 0 bridgehead atoms. The van der Waals surface area contributed by atoms with E-state index in [0.717, 1.165) is 25.7 Å². The molecule has 1 atom stereocenters. The van der Waals surface area contributed by atoms with Crippen LogP contribution in [0.2, 0.25) is 0 Å². The Balaban J connectivity index is 2.24. The van der Waals surface area contributed by atoms with Crippen molar-refractivity contribution in [1.29, 1.82) is 0 Å². The molecule has 0 saturated carbocycles. The van der Waals surface area contributed by atoms with Crippen LogP contribution in [0.25, 0.3) is 6.08 Å². The molecule has 1 unspecified atom stereocenters. The molecule has 2 N–H and O–H groups in total. The molecule has 0 aliphatic carbocycles. The Bertz CT molecular complexity index is 1010. The molecule has 2 rings (SSSR count). The van der Waals surface area contributed by atoms with Crippen LogP contribution in [-0.4, -0.2) is 46.2 Å². The summed E-state index contributed by atoms with van der Waals surface area (Å²) in [5.41, 5.74) is 6.63. The molecule has 0 heterocycles. The predicted molar refractivity (Wildman–Crippen MR) is 135 cm³/mol. The summed E-state index contributed by atoms with van der Waals surface area (Å²) in [6.45, 7) is 2.12. The highest BCUT2D eigenvalue weighted by atomic mass is 16.5. The molecule has 0 aliphatic rings. The molecule has 0 fully saturated rings. The van der Waals surface area contributed by atoms with Crippen molar-refractivity contribution in [2.75, 3.05) is 28.4 Å². The second-order valence-corrected chi connectivity index (χ2v) is 7.88. The summed E-state index contributed by atoms with van der Waals surface area (Å²) < 4.78 is 27.3. The van der Waals surface area contributed by atoms with Gasteiger partial charge < -0.3 is 29.4 Å². The minimum Gasteiger partial charge on any atom is -0.493 e. The number of hydrogen-bond donors (Lipinski definition) is 1. The van der Waals surface area contributed by atoms with Crippen molar-refractivity contribution in [1.82, 2.24) is 0 Å². The van der Waals surface area contributed by atoms with Gasteiger partial charge in [0.25, 0.3) is 5.91 Å². The van der Waals surface area contributed by atoms with E-state index in [-0.39, 0.29) is 5.78 Å². The molecule has 8 heteroatoms. The van der Waals surface area contributed by atoms with Gasteiger partial charge in [0.05, 0.1) is 28.4 Å². The van der Waals surface area contributed by atoms with Gasteiger partial charge in [0.15, 0.2) is 34.9 Å². The third-order valence-corrected chi connectivity index (χ3v) is 5.47. The molecule has 8 nitrogen and oxygen atoms in total. The first-order valence-corrected chi connectivity index (χ1v) is 11.5. The highest BCUT2D eigenvalue weighted by Crippen LogP contribution is 2.38. The molecule has 0 aromatic heterocycles. The Kier molecular flexibility index (Phi) is 10.9. The number of primary amides is 1. The van der Waals surface area contributed by atoms with Gasteiger partial charge in [-0.05, 0) is 48.7 Å². The van der Waals surface area contributed by atoms with Gasteiger partial charge in [-0.15, -0.1) is 0 Å². The average molecular weight is 486 g/mol. The lowest BCUT2D eigenvalue weighted by Gasteiger charge is -2.18. The Hall–Kier alpha value is -3.68. The number of benzene rings is 2. The Morgan fingerprint density at radius 1 is 0.857 bits per heavy atom. The fourth-order valence-electron chi connectivity index (χ4n) is 3.55. The summed E-state index contributed by atoms with van der Waals surface area (Å²) in [5.74, 6) is 1.26. The van der Waals surface area contributed by atoms with Crippen LogP contribution in [0.1, 0.15) is 54.9 Å². The van der Waals surface area contributed by atoms with E-state index >= 15 is 0 Å². The summed E-state index contributed by atoms with van der Waals surface area (Å²) in [7, 11) is 6.00. The van der Waals surface area contributed by atoms with Crippen molar-refractivity contribution in [3.63, 3.8) is 0 Å². The van der Waals surface area contributed by atoms with Gasteiger partial charge in [0.1, 0.15) is 0 Å². The number of hydrogen-bond acceptors (Lipinski definition) is 7. The molecular weight excluding hydrogens is 450 g/mol. The maximum Gasteiger partial charge on any atom is 0.258 e. The molecule has 0 aliphatic heterocycles. The topological polar surface area (TPSA) is 106 Å². The largest absolute Gasteiger partial charge is 0.493 e. The number of methoxy groups -OCH3 is 4. The van der Waals surface area contributed by atoms with Gasteiger partial charge in [-0.25, -0.2) is 0 Å². The minimum absolute atomic E-state index is 0.256. The van der Waals surface area contributed by atoms with Crippen LogP contribution in [0.5, 0.6) is 28.7 Å². The van der Waals surface area contributed by atoms with Crippen molar-refractivity contribution >= 4 is 17.8 Å². The second kappa shape index (κ2) is 13.9. The van der Waals surface area contributed by atoms with Crippen LogP contribution in [-0.2, 0) is 4.79 Å². The maximum atomic E-state index is 12.8. The normalized spacial score (nSPS) is 11.7. The highest BCUT2D eigenvalue weighted by Gasteiger charge is 2.19. The summed E-state index contributed by atoms with van der Waals surface area (Å²) in [6, 6.07) is 8.39. The van der Waals surface area contributed by atoms with E-state index < -0.39 is 12.0 Å². The zero-order valence-electron chi connectivity index (χ0n) is 21.1. The molecule has 0 radical (unpaired) electrons. The molecule has 35 heavy (non-hydrogen) atoms. The predicted octanol–water partition coefficient (Wildman–Crippen LogP) is 4.82. The van der Waals surface area contributed by atoms with Crippen LogP contribution in [0, 0.1) is 0 Å². The number of unbranched alkanes of at least 4 members (excludes halogenated alkanes) is 3. The van der Waals surface area contributed by atoms with E-state index in [1.165, 1.54) is 34.5 Å². The van der Waals surface area contributed by atoms with Crippen molar-refractivity contribution < 1.29 is 33.3 Å². The zero-order chi connectivity index (χ0) is 25.8. The lowest BCUT2D eigenvalue weighted by atomic mass is 10.1. The monoisotopic (exact) mass is 485 g/mol. The standard InChI is InChI=1S/C27H35NO7/c1-6-7-8-9-10-22(27(28)30)35-23-15-18(12-14-21(23)31-2)11-13-20(29)19-16-24(32-3)26(34-5)25(17-19)33-4/h11-17,22H,6-10H2,1-5H3,(H2,28,30)/b13-11+. The summed E-state index contributed by atoms with van der Waals surface area (Å²) in [6.07, 6.45) is 6.88. The van der Waals surface area contributed by atoms with E-state index in [0.29, 0.717) is 46.3 Å². The van der Waals surface area contributed by atoms with Crippen LogP contribution in [0.3, 0.4) is 0 Å². The first-order valence-electron chi connectivity index (χ1n) is 11.5. The molecular formula is C27H35NO7. The lowest BCUT2D eigenvalue weighted by Crippen LogP contribution is -2.33. The van der Waals surface area contributed by atoms with Gasteiger partial charge in [-0.1, -0.05) is 38.3 Å². The van der Waals surface area contributed by atoms with Crippen LogP contribution in [0.4, 0.5) is 0 Å². The number of ether oxygens (including phenoxy) is 5. The molecule has 0 spiro atoms. The van der Waals surface area contributed by atoms with Crippen LogP contribution in [0.15, 0.2) is 36.4 Å². The van der Waals surface area contributed by atoms with E-state index in [2.05, 4.69) is 6.92 Å². The highest BCUT2D eigenvalue weighted by molar-refractivity contribution is 6.07. The van der Waals surface area contributed by atoms with E-state index in [9.17, 15) is 9.59 Å².